The van der Waals surface area contributed by atoms with Crippen LogP contribution in [0, 0.1) is 13.8 Å². The summed E-state index contributed by atoms with van der Waals surface area (Å²) in [5, 5.41) is 0.141. The highest BCUT2D eigenvalue weighted by molar-refractivity contribution is 8.13. The zero-order valence-electron chi connectivity index (χ0n) is 7.55. The van der Waals surface area contributed by atoms with Crippen LogP contribution in [0.5, 0.6) is 0 Å². The molecule has 1 aromatic carbocycles. The first kappa shape index (κ1) is 9.33. The molecule has 0 aromatic heterocycles. The van der Waals surface area contributed by atoms with Gasteiger partial charge < -0.3 is 0 Å². The Kier molecular flexibility index (Phi) is 2.93. The number of hydrogen-bond acceptors (Lipinski definition) is 2. The van der Waals surface area contributed by atoms with Crippen molar-refractivity contribution in [2.24, 2.45) is 0 Å². The highest BCUT2D eigenvalue weighted by Crippen LogP contribution is 2.13. The predicted molar refractivity (Wildman–Crippen MR) is 53.8 cm³/mol. The van der Waals surface area contributed by atoms with Crippen LogP contribution < -0.4 is 0 Å². The first-order chi connectivity index (χ1) is 5.63. The van der Waals surface area contributed by atoms with Crippen LogP contribution in [-0.2, 0) is 0 Å². The fraction of sp³-hybridized carbons (Fsp3) is 0.300. The third-order valence-electron chi connectivity index (χ3n) is 1.64. The number of thioether (sulfide) groups is 1. The SMILES string of the molecule is CSC(=O)c1cc(C)cc(C)c1. The van der Waals surface area contributed by atoms with E-state index < -0.39 is 0 Å². The molecule has 0 amide bonds. The molecule has 0 bridgehead atoms. The van der Waals surface area contributed by atoms with Crippen molar-refractivity contribution in [2.75, 3.05) is 6.26 Å². The minimum Gasteiger partial charge on any atom is -0.282 e. The summed E-state index contributed by atoms with van der Waals surface area (Å²) in [7, 11) is 0. The minimum atomic E-state index is 0.141. The fourth-order valence-corrected chi connectivity index (χ4v) is 1.56. The largest absolute Gasteiger partial charge is 0.282 e. The summed E-state index contributed by atoms with van der Waals surface area (Å²) in [5.41, 5.74) is 3.10. The first-order valence-corrected chi connectivity index (χ1v) is 5.02. The monoisotopic (exact) mass is 180 g/mol. The molecule has 0 fully saturated rings. The zero-order valence-corrected chi connectivity index (χ0v) is 8.37. The lowest BCUT2D eigenvalue weighted by Crippen LogP contribution is -1.93. The topological polar surface area (TPSA) is 17.1 Å². The average molecular weight is 180 g/mol. The third kappa shape index (κ3) is 2.11. The molecule has 0 aliphatic rings. The van der Waals surface area contributed by atoms with Crippen LogP contribution in [0.3, 0.4) is 0 Å². The predicted octanol–water partition coefficient (Wildman–Crippen LogP) is 2.81. The molecular weight excluding hydrogens is 168 g/mol. The maximum atomic E-state index is 11.3. The van der Waals surface area contributed by atoms with Crippen LogP contribution >= 0.6 is 11.8 Å². The second-order valence-electron chi connectivity index (χ2n) is 2.87. The van der Waals surface area contributed by atoms with E-state index in [0.717, 1.165) is 16.7 Å². The van der Waals surface area contributed by atoms with E-state index in [-0.39, 0.29) is 5.12 Å². The Morgan fingerprint density at radius 1 is 1.17 bits per heavy atom. The van der Waals surface area contributed by atoms with Gasteiger partial charge in [0.1, 0.15) is 0 Å². The van der Waals surface area contributed by atoms with Crippen molar-refractivity contribution < 1.29 is 4.79 Å². The molecule has 12 heavy (non-hydrogen) atoms. The quantitative estimate of drug-likeness (QED) is 0.661. The molecule has 0 spiro atoms. The molecule has 0 saturated heterocycles. The van der Waals surface area contributed by atoms with Crippen molar-refractivity contribution in [1.29, 1.82) is 0 Å². The molecular formula is C10H12OS. The van der Waals surface area contributed by atoms with E-state index in [1.54, 1.807) is 6.26 Å². The molecule has 0 aliphatic heterocycles. The molecule has 2 heteroatoms. The Bertz CT molecular complexity index is 284. The number of aryl methyl sites for hydroxylation is 2. The summed E-state index contributed by atoms with van der Waals surface area (Å²) >= 11 is 1.26. The van der Waals surface area contributed by atoms with Crippen LogP contribution in [0.15, 0.2) is 18.2 Å². The van der Waals surface area contributed by atoms with Gasteiger partial charge in [-0.3, -0.25) is 4.79 Å². The maximum absolute atomic E-state index is 11.3. The lowest BCUT2D eigenvalue weighted by molar-refractivity contribution is 0.108. The molecule has 64 valence electrons. The maximum Gasteiger partial charge on any atom is 0.219 e. The Labute approximate surface area is 77.2 Å². The molecule has 0 radical (unpaired) electrons. The van der Waals surface area contributed by atoms with E-state index in [0.29, 0.717) is 0 Å². The van der Waals surface area contributed by atoms with E-state index in [9.17, 15) is 4.79 Å². The van der Waals surface area contributed by atoms with E-state index in [1.165, 1.54) is 11.8 Å². The summed E-state index contributed by atoms with van der Waals surface area (Å²) in [6, 6.07) is 5.91. The Balaban J connectivity index is 3.08. The summed E-state index contributed by atoms with van der Waals surface area (Å²) in [5.74, 6) is 0. The molecule has 0 unspecified atom stereocenters. The minimum absolute atomic E-state index is 0.141. The van der Waals surface area contributed by atoms with Crippen LogP contribution in [0.4, 0.5) is 0 Å². The normalized spacial score (nSPS) is 9.92. The average Bonchev–Trinajstić information content (AvgIpc) is 2.01. The van der Waals surface area contributed by atoms with Gasteiger partial charge in [-0.05, 0) is 32.2 Å². The molecule has 0 saturated carbocycles. The molecule has 1 aromatic rings. The summed E-state index contributed by atoms with van der Waals surface area (Å²) in [6.07, 6.45) is 1.81. The van der Waals surface area contributed by atoms with E-state index in [1.807, 2.05) is 26.0 Å². The summed E-state index contributed by atoms with van der Waals surface area (Å²) < 4.78 is 0. The van der Waals surface area contributed by atoms with Crippen molar-refractivity contribution in [2.45, 2.75) is 13.8 Å². The molecule has 1 rings (SSSR count). The van der Waals surface area contributed by atoms with Gasteiger partial charge in [0.25, 0.3) is 0 Å². The molecule has 0 aliphatic carbocycles. The molecule has 0 heterocycles. The van der Waals surface area contributed by atoms with Crippen LogP contribution in [0.2, 0.25) is 0 Å². The van der Waals surface area contributed by atoms with Gasteiger partial charge >= 0.3 is 0 Å². The van der Waals surface area contributed by atoms with Gasteiger partial charge in [-0.15, -0.1) is 0 Å². The number of rotatable bonds is 1. The first-order valence-electron chi connectivity index (χ1n) is 3.80. The van der Waals surface area contributed by atoms with Gasteiger partial charge in [0.2, 0.25) is 5.12 Å². The fourth-order valence-electron chi connectivity index (χ4n) is 1.21. The lowest BCUT2D eigenvalue weighted by atomic mass is 10.1. The second-order valence-corrected chi connectivity index (χ2v) is 3.65. The standard InChI is InChI=1S/C10H12OS/c1-7-4-8(2)6-9(5-7)10(11)12-3/h4-6H,1-3H3. The number of carbonyl (C=O) groups is 1. The van der Waals surface area contributed by atoms with Crippen LogP contribution in [0.1, 0.15) is 21.5 Å². The molecule has 0 atom stereocenters. The molecule has 0 N–H and O–H groups in total. The van der Waals surface area contributed by atoms with E-state index >= 15 is 0 Å². The zero-order chi connectivity index (χ0) is 9.14. The van der Waals surface area contributed by atoms with Crippen LogP contribution in [-0.4, -0.2) is 11.4 Å². The van der Waals surface area contributed by atoms with Gasteiger partial charge in [-0.2, -0.15) is 0 Å². The van der Waals surface area contributed by atoms with Crippen molar-refractivity contribution >= 4 is 16.9 Å². The summed E-state index contributed by atoms with van der Waals surface area (Å²) in [6.45, 7) is 4.01. The Hall–Kier alpha value is -0.760. The van der Waals surface area contributed by atoms with Gasteiger partial charge in [0.05, 0.1) is 0 Å². The van der Waals surface area contributed by atoms with Crippen molar-refractivity contribution in [1.82, 2.24) is 0 Å². The van der Waals surface area contributed by atoms with E-state index in [2.05, 4.69) is 6.07 Å². The van der Waals surface area contributed by atoms with E-state index in [4.69, 9.17) is 0 Å². The van der Waals surface area contributed by atoms with Crippen LogP contribution in [0.25, 0.3) is 0 Å². The molecule has 1 nitrogen and oxygen atoms in total. The van der Waals surface area contributed by atoms with Gasteiger partial charge in [-0.25, -0.2) is 0 Å². The second kappa shape index (κ2) is 3.76. The Morgan fingerprint density at radius 3 is 2.08 bits per heavy atom. The number of hydrogen-bond donors (Lipinski definition) is 0. The van der Waals surface area contributed by atoms with Crippen molar-refractivity contribution in [3.8, 4) is 0 Å². The highest BCUT2D eigenvalue weighted by atomic mass is 32.2. The lowest BCUT2D eigenvalue weighted by Gasteiger charge is -2.01. The third-order valence-corrected chi connectivity index (χ3v) is 2.25. The van der Waals surface area contributed by atoms with Gasteiger partial charge in [0, 0.05) is 5.56 Å². The highest BCUT2D eigenvalue weighted by Gasteiger charge is 2.03. The number of carbonyl (C=O) groups excluding carboxylic acids is 1. The summed E-state index contributed by atoms with van der Waals surface area (Å²) in [4.78, 5) is 11.3. The van der Waals surface area contributed by atoms with Crippen molar-refractivity contribution in [3.05, 3.63) is 34.9 Å². The Morgan fingerprint density at radius 2 is 1.67 bits per heavy atom. The number of benzene rings is 1. The smallest absolute Gasteiger partial charge is 0.219 e. The van der Waals surface area contributed by atoms with Gasteiger partial charge in [-0.1, -0.05) is 29.0 Å². The van der Waals surface area contributed by atoms with Gasteiger partial charge in [0.15, 0.2) is 0 Å². The van der Waals surface area contributed by atoms with Crippen molar-refractivity contribution in [3.63, 3.8) is 0 Å².